The minimum absolute atomic E-state index is 0.343. The number of fused-ring (bicyclic) bond motifs is 1. The van der Waals surface area contributed by atoms with Crippen LogP contribution in [0.5, 0.6) is 5.75 Å². The highest BCUT2D eigenvalue weighted by molar-refractivity contribution is 7.84. The number of nitrogens with zero attached hydrogens (tertiary/aromatic N) is 2. The van der Waals surface area contributed by atoms with E-state index in [0.717, 1.165) is 73.1 Å². The maximum Gasteiger partial charge on any atom is 0.120 e. The molecule has 0 spiro atoms. The second-order valence-electron chi connectivity index (χ2n) is 9.48. The highest BCUT2D eigenvalue weighted by atomic mass is 32.2. The average Bonchev–Trinajstić information content (AvgIpc) is 3.22. The molecule has 7 nitrogen and oxygen atoms in total. The second kappa shape index (κ2) is 10.4. The summed E-state index contributed by atoms with van der Waals surface area (Å²) in [5, 5.41) is 0.984. The summed E-state index contributed by atoms with van der Waals surface area (Å²) in [7, 11) is -1.18. The van der Waals surface area contributed by atoms with Gasteiger partial charge in [-0.05, 0) is 58.2 Å². The van der Waals surface area contributed by atoms with Crippen molar-refractivity contribution in [2.45, 2.75) is 50.3 Å². The molecule has 178 valence electrons. The fourth-order valence-electron chi connectivity index (χ4n) is 3.91. The van der Waals surface area contributed by atoms with Crippen molar-refractivity contribution >= 4 is 32.5 Å². The van der Waals surface area contributed by atoms with Crippen LogP contribution in [0, 0.1) is 0 Å². The Labute approximate surface area is 197 Å². The molecule has 0 aliphatic carbocycles. The Kier molecular flexibility index (Phi) is 7.85. The monoisotopic (exact) mass is 481 g/mol. The number of rotatable bonds is 8. The highest BCUT2D eigenvalue weighted by Crippen LogP contribution is 2.39. The normalized spacial score (nSPS) is 21.0. The molecule has 1 unspecified atom stereocenters. The van der Waals surface area contributed by atoms with Crippen LogP contribution in [-0.4, -0.2) is 71.5 Å². The van der Waals surface area contributed by atoms with E-state index in [4.69, 9.17) is 19.2 Å². The molecule has 0 radical (unpaired) electrons. The number of benzene rings is 1. The van der Waals surface area contributed by atoms with Gasteiger partial charge < -0.3 is 14.2 Å². The molecule has 3 heterocycles. The van der Waals surface area contributed by atoms with E-state index in [1.807, 2.05) is 32.9 Å². The molecule has 1 aromatic carbocycles. The van der Waals surface area contributed by atoms with Crippen molar-refractivity contribution in [2.24, 2.45) is 0 Å². The zero-order chi connectivity index (χ0) is 22.6. The fraction of sp³-hybridized carbons (Fsp3) is 0.696. The SMILES string of the molecule is CC(C)(C)S(=O)NC1(c2nc3ccc(OCCCN4CCOCC4)cc3s2)CCOCC1. The first-order valence-corrected chi connectivity index (χ1v) is 13.4. The molecule has 1 atom stereocenters. The summed E-state index contributed by atoms with van der Waals surface area (Å²) in [6.45, 7) is 12.7. The molecule has 2 aliphatic rings. The molecule has 2 fully saturated rings. The topological polar surface area (TPSA) is 72.9 Å². The summed E-state index contributed by atoms with van der Waals surface area (Å²) in [4.78, 5) is 7.36. The molecule has 1 aromatic heterocycles. The van der Waals surface area contributed by atoms with E-state index in [0.29, 0.717) is 19.8 Å². The molecule has 9 heteroatoms. The Morgan fingerprint density at radius 2 is 1.91 bits per heavy atom. The molecule has 2 aromatic rings. The minimum atomic E-state index is -1.18. The molecule has 0 saturated carbocycles. The smallest absolute Gasteiger partial charge is 0.120 e. The van der Waals surface area contributed by atoms with E-state index >= 15 is 0 Å². The molecule has 4 rings (SSSR count). The Hall–Kier alpha value is -1.10. The van der Waals surface area contributed by atoms with Gasteiger partial charge in [0.05, 0.1) is 51.3 Å². The lowest BCUT2D eigenvalue weighted by Gasteiger charge is -2.37. The lowest BCUT2D eigenvalue weighted by atomic mass is 9.92. The van der Waals surface area contributed by atoms with Gasteiger partial charge in [-0.25, -0.2) is 13.9 Å². The van der Waals surface area contributed by atoms with Crippen molar-refractivity contribution in [3.05, 3.63) is 23.2 Å². The Balaban J connectivity index is 1.44. The molecular weight excluding hydrogens is 446 g/mol. The van der Waals surface area contributed by atoms with Crippen LogP contribution in [0.4, 0.5) is 0 Å². The van der Waals surface area contributed by atoms with E-state index in [9.17, 15) is 4.21 Å². The summed E-state index contributed by atoms with van der Waals surface area (Å²) in [6, 6.07) is 6.11. The largest absolute Gasteiger partial charge is 0.493 e. The summed E-state index contributed by atoms with van der Waals surface area (Å²) in [5.41, 5.74) is 0.541. The van der Waals surface area contributed by atoms with Gasteiger partial charge in [0.2, 0.25) is 0 Å². The Bertz CT molecular complexity index is 916. The molecule has 0 bridgehead atoms. The minimum Gasteiger partial charge on any atom is -0.493 e. The standard InChI is InChI=1S/C23H35N3O4S2/c1-22(2,3)32(27)25-23(7-13-28-14-8-23)21-24-19-6-5-18(17-20(19)31-21)30-12-4-9-26-10-15-29-16-11-26/h5-6,17,25H,4,7-16H2,1-3H3. The summed E-state index contributed by atoms with van der Waals surface area (Å²) in [6.07, 6.45) is 2.52. The van der Waals surface area contributed by atoms with Crippen LogP contribution in [0.1, 0.15) is 45.0 Å². The molecule has 2 saturated heterocycles. The van der Waals surface area contributed by atoms with Gasteiger partial charge >= 0.3 is 0 Å². The lowest BCUT2D eigenvalue weighted by molar-refractivity contribution is 0.0358. The third-order valence-corrected chi connectivity index (χ3v) is 8.86. The van der Waals surface area contributed by atoms with Crippen LogP contribution >= 0.6 is 11.3 Å². The summed E-state index contributed by atoms with van der Waals surface area (Å²) < 4.78 is 34.2. The number of hydrogen-bond acceptors (Lipinski definition) is 7. The number of hydrogen-bond donors (Lipinski definition) is 1. The highest BCUT2D eigenvalue weighted by Gasteiger charge is 2.40. The first-order chi connectivity index (χ1) is 15.4. The quantitative estimate of drug-likeness (QED) is 0.582. The number of ether oxygens (including phenoxy) is 3. The van der Waals surface area contributed by atoms with Crippen LogP contribution in [0.2, 0.25) is 0 Å². The van der Waals surface area contributed by atoms with E-state index in [1.165, 1.54) is 0 Å². The van der Waals surface area contributed by atoms with Crippen molar-refractivity contribution in [3.8, 4) is 5.75 Å². The summed E-state index contributed by atoms with van der Waals surface area (Å²) in [5.74, 6) is 0.877. The molecule has 0 amide bonds. The first kappa shape index (κ1) is 24.0. The van der Waals surface area contributed by atoms with Crippen LogP contribution in [0.3, 0.4) is 0 Å². The van der Waals surface area contributed by atoms with E-state index in [2.05, 4.69) is 15.7 Å². The molecule has 2 aliphatic heterocycles. The number of aromatic nitrogens is 1. The van der Waals surface area contributed by atoms with Crippen molar-refractivity contribution in [1.82, 2.24) is 14.6 Å². The van der Waals surface area contributed by atoms with Crippen LogP contribution in [0.25, 0.3) is 10.2 Å². The third-order valence-electron chi connectivity index (χ3n) is 5.95. The first-order valence-electron chi connectivity index (χ1n) is 11.5. The third kappa shape index (κ3) is 5.87. The van der Waals surface area contributed by atoms with Crippen molar-refractivity contribution in [2.75, 3.05) is 52.7 Å². The van der Waals surface area contributed by atoms with Crippen molar-refractivity contribution in [3.63, 3.8) is 0 Å². The molecular formula is C23H35N3O4S2. The van der Waals surface area contributed by atoms with E-state index in [-0.39, 0.29) is 4.75 Å². The van der Waals surface area contributed by atoms with Gasteiger partial charge in [0.15, 0.2) is 0 Å². The Morgan fingerprint density at radius 3 is 2.62 bits per heavy atom. The molecule has 1 N–H and O–H groups in total. The fourth-order valence-corrected chi connectivity index (χ4v) is 6.13. The maximum atomic E-state index is 12.9. The van der Waals surface area contributed by atoms with Gasteiger partial charge in [-0.3, -0.25) is 4.90 Å². The maximum absolute atomic E-state index is 12.9. The zero-order valence-corrected chi connectivity index (χ0v) is 21.0. The van der Waals surface area contributed by atoms with Crippen LogP contribution < -0.4 is 9.46 Å². The van der Waals surface area contributed by atoms with Crippen LogP contribution in [0.15, 0.2) is 18.2 Å². The van der Waals surface area contributed by atoms with Crippen molar-refractivity contribution < 1.29 is 18.4 Å². The van der Waals surface area contributed by atoms with Gasteiger partial charge in [-0.2, -0.15) is 0 Å². The number of morpholine rings is 1. The van der Waals surface area contributed by atoms with Crippen LogP contribution in [-0.2, 0) is 26.0 Å². The Morgan fingerprint density at radius 1 is 1.19 bits per heavy atom. The van der Waals surface area contributed by atoms with E-state index < -0.39 is 16.5 Å². The number of thiazole rings is 1. The van der Waals surface area contributed by atoms with Crippen molar-refractivity contribution in [1.29, 1.82) is 0 Å². The number of nitrogens with one attached hydrogen (secondary N) is 1. The van der Waals surface area contributed by atoms with Gasteiger partial charge in [-0.15, -0.1) is 11.3 Å². The lowest BCUT2D eigenvalue weighted by Crippen LogP contribution is -2.50. The zero-order valence-electron chi connectivity index (χ0n) is 19.4. The predicted molar refractivity (Wildman–Crippen MR) is 130 cm³/mol. The van der Waals surface area contributed by atoms with Gasteiger partial charge in [0.1, 0.15) is 10.8 Å². The van der Waals surface area contributed by atoms with Gasteiger partial charge in [-0.1, -0.05) is 0 Å². The molecule has 32 heavy (non-hydrogen) atoms. The average molecular weight is 482 g/mol. The van der Waals surface area contributed by atoms with Gasteiger partial charge in [0.25, 0.3) is 0 Å². The summed E-state index contributed by atoms with van der Waals surface area (Å²) >= 11 is 1.67. The van der Waals surface area contributed by atoms with E-state index in [1.54, 1.807) is 11.3 Å². The van der Waals surface area contributed by atoms with Gasteiger partial charge in [0, 0.05) is 32.8 Å². The second-order valence-corrected chi connectivity index (χ2v) is 12.5. The predicted octanol–water partition coefficient (Wildman–Crippen LogP) is 3.45.